The molecule has 1 aromatic carbocycles. The average molecular weight is 416 g/mol. The van der Waals surface area contributed by atoms with Crippen molar-refractivity contribution < 1.29 is 23.7 Å². The molecule has 0 spiro atoms. The molecule has 0 radical (unpaired) electrons. The molecular weight excluding hydrogens is 394 g/mol. The molecule has 2 aromatic heterocycles. The topological polar surface area (TPSA) is 92.4 Å². The number of halogens is 2. The third-order valence-electron chi connectivity index (χ3n) is 6.06. The number of nitrogens with zero attached hydrogens (tertiary/aromatic N) is 3. The number of aryl methyl sites for hydroxylation is 1. The molecule has 0 amide bonds. The highest BCUT2D eigenvalue weighted by atomic mass is 19.1. The van der Waals surface area contributed by atoms with Crippen molar-refractivity contribution in [2.45, 2.75) is 50.7 Å². The minimum atomic E-state index is -1.18. The maximum Gasteiger partial charge on any atom is 0.151 e. The summed E-state index contributed by atoms with van der Waals surface area (Å²) < 4.78 is 36.1. The third-order valence-corrected chi connectivity index (χ3v) is 6.06. The lowest BCUT2D eigenvalue weighted by Gasteiger charge is -2.24. The summed E-state index contributed by atoms with van der Waals surface area (Å²) in [5.41, 5.74) is 1.70. The van der Waals surface area contributed by atoms with Gasteiger partial charge in [-0.05, 0) is 37.6 Å². The molecule has 9 heteroatoms. The van der Waals surface area contributed by atoms with Gasteiger partial charge in [-0.2, -0.15) is 0 Å². The first kappa shape index (κ1) is 19.3. The molecule has 4 atom stereocenters. The van der Waals surface area contributed by atoms with Crippen LogP contribution in [0, 0.1) is 18.6 Å². The first-order valence-electron chi connectivity index (χ1n) is 9.97. The van der Waals surface area contributed by atoms with Crippen LogP contribution in [0.3, 0.4) is 0 Å². The van der Waals surface area contributed by atoms with Gasteiger partial charge in [0.15, 0.2) is 5.82 Å². The van der Waals surface area contributed by atoms with Gasteiger partial charge < -0.3 is 24.8 Å². The summed E-state index contributed by atoms with van der Waals surface area (Å²) in [7, 11) is 0. The number of aromatic nitrogens is 3. The maximum atomic E-state index is 14.4. The lowest BCUT2D eigenvalue weighted by atomic mass is 9.99. The molecule has 0 bridgehead atoms. The van der Waals surface area contributed by atoms with Crippen molar-refractivity contribution in [3.63, 3.8) is 0 Å². The minimum absolute atomic E-state index is 0.244. The number of hydrogen-bond acceptors (Lipinski definition) is 6. The highest BCUT2D eigenvalue weighted by molar-refractivity contribution is 5.76. The van der Waals surface area contributed by atoms with Gasteiger partial charge in [-0.25, -0.2) is 18.7 Å². The molecule has 1 aliphatic heterocycles. The van der Waals surface area contributed by atoms with Crippen LogP contribution in [0.25, 0.3) is 11.0 Å². The van der Waals surface area contributed by atoms with E-state index in [1.807, 2.05) is 0 Å². The molecule has 2 aliphatic rings. The zero-order valence-electron chi connectivity index (χ0n) is 16.3. The van der Waals surface area contributed by atoms with E-state index in [4.69, 9.17) is 4.74 Å². The van der Waals surface area contributed by atoms with E-state index in [2.05, 4.69) is 15.3 Å². The number of ether oxygens (including phenoxy) is 1. The number of aliphatic hydroxyl groups is 2. The molecule has 158 valence electrons. The van der Waals surface area contributed by atoms with Gasteiger partial charge in [-0.3, -0.25) is 0 Å². The second-order valence-electron chi connectivity index (χ2n) is 7.91. The highest BCUT2D eigenvalue weighted by Gasteiger charge is 2.45. The smallest absolute Gasteiger partial charge is 0.151 e. The molecule has 5 rings (SSSR count). The van der Waals surface area contributed by atoms with Crippen LogP contribution >= 0.6 is 0 Å². The largest absolute Gasteiger partial charge is 0.487 e. The number of rotatable bonds is 3. The summed E-state index contributed by atoms with van der Waals surface area (Å²) in [5.74, 6) is 0.202. The summed E-state index contributed by atoms with van der Waals surface area (Å²) in [6.07, 6.45) is 0.396. The average Bonchev–Trinajstić information content (AvgIpc) is 3.21. The number of aliphatic hydroxyl groups excluding tert-OH is 2. The fraction of sp³-hybridized carbons (Fsp3) is 0.429. The summed E-state index contributed by atoms with van der Waals surface area (Å²) in [6.45, 7) is 2.86. The Balaban J connectivity index is 1.46. The van der Waals surface area contributed by atoms with Gasteiger partial charge in [0.1, 0.15) is 41.4 Å². The van der Waals surface area contributed by atoms with Crippen LogP contribution in [0.5, 0.6) is 5.75 Å². The molecule has 30 heavy (non-hydrogen) atoms. The van der Waals surface area contributed by atoms with Gasteiger partial charge in [0, 0.05) is 30.9 Å². The summed E-state index contributed by atoms with van der Waals surface area (Å²) in [5, 5.41) is 24.8. The molecule has 1 aliphatic carbocycles. The quantitative estimate of drug-likeness (QED) is 0.603. The van der Waals surface area contributed by atoms with Crippen molar-refractivity contribution in [2.24, 2.45) is 0 Å². The zero-order chi connectivity index (χ0) is 21.0. The lowest BCUT2D eigenvalue weighted by molar-refractivity contribution is -0.0167. The number of nitrogens with one attached hydrogen (secondary N) is 1. The van der Waals surface area contributed by atoms with Gasteiger partial charge in [0.05, 0.1) is 11.4 Å². The Kier molecular flexibility index (Phi) is 4.68. The van der Waals surface area contributed by atoms with Crippen molar-refractivity contribution in [1.29, 1.82) is 0 Å². The van der Waals surface area contributed by atoms with Crippen LogP contribution in [-0.2, 0) is 13.0 Å². The molecule has 3 N–H and O–H groups in total. The molecular formula is C21H22F2N4O3. The van der Waals surface area contributed by atoms with Crippen LogP contribution in [-0.4, -0.2) is 49.6 Å². The summed E-state index contributed by atoms with van der Waals surface area (Å²) >= 11 is 0. The maximum absolute atomic E-state index is 14.4. The van der Waals surface area contributed by atoms with E-state index in [-0.39, 0.29) is 17.6 Å². The first-order chi connectivity index (χ1) is 14.4. The van der Waals surface area contributed by atoms with E-state index < -0.39 is 30.2 Å². The van der Waals surface area contributed by atoms with E-state index in [0.717, 1.165) is 5.56 Å². The summed E-state index contributed by atoms with van der Waals surface area (Å²) in [6, 6.07) is 2.29. The van der Waals surface area contributed by atoms with E-state index >= 15 is 0 Å². The molecule has 3 aromatic rings. The first-order valence-corrected chi connectivity index (χ1v) is 9.97. The normalized spacial score (nSPS) is 26.2. The number of hydrogen-bond donors (Lipinski definition) is 3. The van der Waals surface area contributed by atoms with Crippen molar-refractivity contribution in [1.82, 2.24) is 19.9 Å². The van der Waals surface area contributed by atoms with Gasteiger partial charge in [0.25, 0.3) is 0 Å². The van der Waals surface area contributed by atoms with Crippen molar-refractivity contribution in [3.05, 3.63) is 53.1 Å². The van der Waals surface area contributed by atoms with Crippen molar-refractivity contribution in [3.8, 4) is 5.75 Å². The van der Waals surface area contributed by atoms with Crippen LogP contribution in [0.4, 0.5) is 8.78 Å². The fourth-order valence-corrected chi connectivity index (χ4v) is 4.50. The standard InChI is InChI=1S/C21H22F2N4O3/c1-10-25-8-13-15(23)9-27(21(13)26-10)16-6-18(20(29)19(16)28)30-17-3-2-14(22)11-4-5-24-7-12(11)17/h2-3,8-9,16,18-20,24,28-29H,4-7H2,1H3/t16-,18+,19+,20-/m1/s1. The van der Waals surface area contributed by atoms with Crippen LogP contribution in [0.2, 0.25) is 0 Å². The predicted molar refractivity (Wildman–Crippen MR) is 104 cm³/mol. The van der Waals surface area contributed by atoms with Gasteiger partial charge >= 0.3 is 0 Å². The van der Waals surface area contributed by atoms with E-state index in [1.54, 1.807) is 13.0 Å². The van der Waals surface area contributed by atoms with E-state index in [1.165, 1.54) is 23.0 Å². The second kappa shape index (κ2) is 7.26. The Labute approximate surface area is 171 Å². The van der Waals surface area contributed by atoms with Crippen LogP contribution < -0.4 is 10.1 Å². The van der Waals surface area contributed by atoms with E-state index in [0.29, 0.717) is 42.3 Å². The zero-order valence-corrected chi connectivity index (χ0v) is 16.3. The predicted octanol–water partition coefficient (Wildman–Crippen LogP) is 1.78. The van der Waals surface area contributed by atoms with Gasteiger partial charge in [-0.15, -0.1) is 0 Å². The third kappa shape index (κ3) is 3.05. The molecule has 0 unspecified atom stereocenters. The number of benzene rings is 1. The molecule has 7 nitrogen and oxygen atoms in total. The van der Waals surface area contributed by atoms with Crippen LogP contribution in [0.15, 0.2) is 24.5 Å². The molecule has 1 saturated carbocycles. The Hall–Kier alpha value is -2.62. The monoisotopic (exact) mass is 416 g/mol. The summed E-state index contributed by atoms with van der Waals surface area (Å²) in [4.78, 5) is 8.33. The van der Waals surface area contributed by atoms with Crippen molar-refractivity contribution in [2.75, 3.05) is 6.54 Å². The minimum Gasteiger partial charge on any atom is -0.487 e. The van der Waals surface area contributed by atoms with Gasteiger partial charge in [-0.1, -0.05) is 0 Å². The Bertz CT molecular complexity index is 1120. The highest BCUT2D eigenvalue weighted by Crippen LogP contribution is 2.38. The fourth-order valence-electron chi connectivity index (χ4n) is 4.50. The molecule has 3 heterocycles. The van der Waals surface area contributed by atoms with Gasteiger partial charge in [0.2, 0.25) is 0 Å². The van der Waals surface area contributed by atoms with Crippen molar-refractivity contribution >= 4 is 11.0 Å². The van der Waals surface area contributed by atoms with E-state index in [9.17, 15) is 19.0 Å². The lowest BCUT2D eigenvalue weighted by Crippen LogP contribution is -2.35. The Morgan fingerprint density at radius 1 is 1.17 bits per heavy atom. The molecule has 1 fully saturated rings. The SMILES string of the molecule is Cc1ncc2c(F)cn([C@@H]3C[C@H](Oc4ccc(F)c5c4CNCC5)[C@@H](O)[C@H]3O)c2n1. The molecule has 0 saturated heterocycles. The number of fused-ring (bicyclic) bond motifs is 2. The second-order valence-corrected chi connectivity index (χ2v) is 7.91. The Morgan fingerprint density at radius 2 is 2.00 bits per heavy atom. The Morgan fingerprint density at radius 3 is 2.83 bits per heavy atom. The van der Waals surface area contributed by atoms with Crippen LogP contribution in [0.1, 0.15) is 29.4 Å².